The average Bonchev–Trinajstić information content (AvgIpc) is 3.22. The number of nitrogens with one attached hydrogen (secondary N) is 1. The van der Waals surface area contributed by atoms with Crippen LogP contribution < -0.4 is 10.1 Å². The number of carbonyl (C=O) groups is 1. The van der Waals surface area contributed by atoms with E-state index in [4.69, 9.17) is 14.3 Å². The fourth-order valence-corrected chi connectivity index (χ4v) is 7.03. The molecule has 8 nitrogen and oxygen atoms in total. The van der Waals surface area contributed by atoms with Gasteiger partial charge in [0.25, 0.3) is 5.91 Å². The quantitative estimate of drug-likeness (QED) is 0.266. The summed E-state index contributed by atoms with van der Waals surface area (Å²) in [5.41, 5.74) is 0.263. The molecule has 2 aliphatic rings. The van der Waals surface area contributed by atoms with Crippen LogP contribution in [0.15, 0.2) is 47.0 Å². The summed E-state index contributed by atoms with van der Waals surface area (Å²) in [6.07, 6.45) is 2.30. The van der Waals surface area contributed by atoms with E-state index < -0.39 is 11.7 Å². The van der Waals surface area contributed by atoms with E-state index in [-0.39, 0.29) is 18.0 Å². The van der Waals surface area contributed by atoms with Crippen LogP contribution in [0.25, 0.3) is 0 Å². The van der Waals surface area contributed by atoms with Gasteiger partial charge in [0.1, 0.15) is 23.3 Å². The molecular weight excluding hydrogens is 730 g/mol. The lowest BCUT2D eigenvalue weighted by atomic mass is 9.87. The van der Waals surface area contributed by atoms with E-state index in [2.05, 4.69) is 107 Å². The molecule has 1 amide bonds. The summed E-state index contributed by atoms with van der Waals surface area (Å²) in [5, 5.41) is 17.5. The number of carbonyl (C=O) groups excluding carboxylic acids is 1. The molecule has 0 saturated carbocycles. The Bertz CT molecular complexity index is 1080. The Morgan fingerprint density at radius 2 is 1.92 bits per heavy atom. The Balaban J connectivity index is 1.46. The number of likely N-dealkylation sites (N-methyl/N-ethyl adjacent to an activating group) is 1. The van der Waals surface area contributed by atoms with E-state index in [1.807, 2.05) is 0 Å². The first kappa shape index (κ1) is 29.6. The molecule has 0 bridgehead atoms. The van der Waals surface area contributed by atoms with Crippen molar-refractivity contribution < 1.29 is 28.7 Å². The number of hydrogen-bond acceptors (Lipinski definition) is 6. The smallest absolute Gasteiger partial charge is 0.269 e. The fourth-order valence-electron chi connectivity index (χ4n) is 3.73. The number of ether oxygens (including phenoxy) is 2. The molecule has 1 aliphatic heterocycles. The van der Waals surface area contributed by atoms with Gasteiger partial charge in [-0.2, -0.15) is 0 Å². The second kappa shape index (κ2) is 12.3. The van der Waals surface area contributed by atoms with Crippen LogP contribution in [0.2, 0.25) is 0 Å². The van der Waals surface area contributed by atoms with Crippen LogP contribution >= 0.6 is 63.7 Å². The van der Waals surface area contributed by atoms with Gasteiger partial charge in [-0.1, -0.05) is 5.16 Å². The van der Waals surface area contributed by atoms with E-state index in [0.717, 1.165) is 32.1 Å². The molecule has 2 atom stereocenters. The molecule has 36 heavy (non-hydrogen) atoms. The SMILES string of the molecule is COC1=C(Br)[C@@H](O)C2(C=C1Br)CC(C(=O)NCCCOc1c(Br)cc(CC[N+](C)(C)C)cc1Br)=NO2. The summed E-state index contributed by atoms with van der Waals surface area (Å²) in [4.78, 5) is 18.2. The third-order valence-electron chi connectivity index (χ3n) is 5.73. The number of aliphatic hydroxyl groups is 1. The van der Waals surface area contributed by atoms with Crippen LogP contribution in [-0.4, -0.2) is 80.9 Å². The molecule has 1 aliphatic carbocycles. The van der Waals surface area contributed by atoms with Crippen molar-refractivity contribution in [3.05, 3.63) is 47.4 Å². The van der Waals surface area contributed by atoms with Gasteiger partial charge < -0.3 is 29.2 Å². The highest BCUT2D eigenvalue weighted by atomic mass is 79.9. The van der Waals surface area contributed by atoms with Crippen LogP contribution in [0.5, 0.6) is 5.75 Å². The highest BCUT2D eigenvalue weighted by Crippen LogP contribution is 2.44. The molecule has 1 aromatic carbocycles. The second-order valence-electron chi connectivity index (χ2n) is 9.65. The monoisotopic (exact) mass is 756 g/mol. The van der Waals surface area contributed by atoms with Gasteiger partial charge in [0, 0.05) is 19.4 Å². The maximum Gasteiger partial charge on any atom is 0.269 e. The highest BCUT2D eigenvalue weighted by Gasteiger charge is 2.50. The van der Waals surface area contributed by atoms with Gasteiger partial charge in [0.15, 0.2) is 5.60 Å². The van der Waals surface area contributed by atoms with Crippen molar-refractivity contribution >= 4 is 75.3 Å². The molecule has 0 saturated heterocycles. The number of methoxy groups -OCH3 is 1. The van der Waals surface area contributed by atoms with Crippen LogP contribution in [0.4, 0.5) is 0 Å². The summed E-state index contributed by atoms with van der Waals surface area (Å²) in [7, 11) is 8.03. The number of halogens is 4. The first-order chi connectivity index (χ1) is 16.9. The minimum Gasteiger partial charge on any atom is -0.495 e. The normalized spacial score (nSPS) is 21.8. The van der Waals surface area contributed by atoms with Gasteiger partial charge >= 0.3 is 0 Å². The molecular formula is C24H30Br4N3O5+. The van der Waals surface area contributed by atoms with E-state index in [0.29, 0.717) is 34.3 Å². The molecule has 3 rings (SSSR count). The summed E-state index contributed by atoms with van der Waals surface area (Å²) >= 11 is 14.0. The zero-order valence-corrected chi connectivity index (χ0v) is 26.9. The Hall–Kier alpha value is -0.920. The first-order valence-electron chi connectivity index (χ1n) is 11.3. The first-order valence-corrected chi connectivity index (χ1v) is 14.5. The number of oxime groups is 1. The van der Waals surface area contributed by atoms with Crippen molar-refractivity contribution in [2.24, 2.45) is 5.16 Å². The molecule has 12 heteroatoms. The lowest BCUT2D eigenvalue weighted by Gasteiger charge is -2.33. The maximum absolute atomic E-state index is 12.6. The van der Waals surface area contributed by atoms with Crippen LogP contribution in [0.3, 0.4) is 0 Å². The van der Waals surface area contributed by atoms with Crippen LogP contribution in [0.1, 0.15) is 18.4 Å². The molecule has 1 heterocycles. The van der Waals surface area contributed by atoms with Gasteiger partial charge in [0.2, 0.25) is 0 Å². The predicted molar refractivity (Wildman–Crippen MR) is 153 cm³/mol. The standard InChI is InChI=1S/C24H29Br4N3O5/c1-31(2,3)8-6-14-10-15(25)20(16(26)11-14)35-9-5-7-29-23(33)18-13-24(36-30-18)12-17(27)21(34-4)19(28)22(24)32/h10-12,22,32H,5-9,13H2,1-4H3/p+1/t22-,24?/m1/s1. The number of allylic oxidation sites excluding steroid dienone is 1. The molecule has 1 spiro atoms. The van der Waals surface area contributed by atoms with Crippen molar-refractivity contribution in [2.75, 3.05) is 47.9 Å². The van der Waals surface area contributed by atoms with E-state index >= 15 is 0 Å². The second-order valence-corrected chi connectivity index (χ2v) is 13.1. The largest absolute Gasteiger partial charge is 0.495 e. The van der Waals surface area contributed by atoms with E-state index in [1.54, 1.807) is 6.08 Å². The van der Waals surface area contributed by atoms with Gasteiger partial charge in [-0.15, -0.1) is 0 Å². The van der Waals surface area contributed by atoms with Gasteiger partial charge in [-0.3, -0.25) is 4.79 Å². The van der Waals surface area contributed by atoms with Crippen LogP contribution in [0, 0.1) is 0 Å². The van der Waals surface area contributed by atoms with Crippen LogP contribution in [-0.2, 0) is 20.8 Å². The third kappa shape index (κ3) is 7.13. The Morgan fingerprint density at radius 1 is 1.25 bits per heavy atom. The van der Waals surface area contributed by atoms with Gasteiger partial charge in [0.05, 0.1) is 59.3 Å². The molecule has 0 fully saturated rings. The lowest BCUT2D eigenvalue weighted by molar-refractivity contribution is -0.870. The summed E-state index contributed by atoms with van der Waals surface area (Å²) in [6, 6.07) is 4.17. The number of hydrogen-bond donors (Lipinski definition) is 2. The number of rotatable bonds is 10. The van der Waals surface area contributed by atoms with Gasteiger partial charge in [-0.05, 0) is 93.9 Å². The lowest BCUT2D eigenvalue weighted by Crippen LogP contribution is -2.45. The summed E-state index contributed by atoms with van der Waals surface area (Å²) in [6.45, 7) is 1.86. The number of benzene rings is 1. The molecule has 198 valence electrons. The minimum atomic E-state index is -1.17. The van der Waals surface area contributed by atoms with Gasteiger partial charge in [-0.25, -0.2) is 0 Å². The zero-order valence-electron chi connectivity index (χ0n) is 20.5. The Kier molecular flexibility index (Phi) is 10.1. The van der Waals surface area contributed by atoms with Crippen molar-refractivity contribution in [3.8, 4) is 5.75 Å². The number of nitrogens with zero attached hydrogens (tertiary/aromatic N) is 2. The van der Waals surface area contributed by atoms with Crippen molar-refractivity contribution in [1.82, 2.24) is 5.32 Å². The molecule has 2 N–H and O–H groups in total. The minimum absolute atomic E-state index is 0.123. The predicted octanol–water partition coefficient (Wildman–Crippen LogP) is 4.77. The van der Waals surface area contributed by atoms with Crippen molar-refractivity contribution in [2.45, 2.75) is 31.0 Å². The third-order valence-corrected chi connectivity index (χ3v) is 8.29. The molecule has 0 radical (unpaired) electrons. The Morgan fingerprint density at radius 3 is 2.53 bits per heavy atom. The molecule has 1 aromatic rings. The van der Waals surface area contributed by atoms with Crippen molar-refractivity contribution in [1.29, 1.82) is 0 Å². The summed E-state index contributed by atoms with van der Waals surface area (Å²) < 4.78 is 14.9. The average molecular weight is 760 g/mol. The fraction of sp³-hybridized carbons (Fsp3) is 0.500. The van der Waals surface area contributed by atoms with Crippen molar-refractivity contribution in [3.63, 3.8) is 0 Å². The highest BCUT2D eigenvalue weighted by molar-refractivity contribution is 9.12. The molecule has 1 unspecified atom stereocenters. The molecule has 0 aromatic heterocycles. The number of amides is 1. The summed E-state index contributed by atoms with van der Waals surface area (Å²) in [5.74, 6) is 0.862. The zero-order chi connectivity index (χ0) is 26.7. The van der Waals surface area contributed by atoms with E-state index in [1.165, 1.54) is 12.7 Å². The maximum atomic E-state index is 12.6. The number of aliphatic hydroxyl groups excluding tert-OH is 1. The Labute approximate surface area is 245 Å². The number of quaternary nitrogens is 1. The topological polar surface area (TPSA) is 89.4 Å². The van der Waals surface area contributed by atoms with E-state index in [9.17, 15) is 9.90 Å².